The van der Waals surface area contributed by atoms with Gasteiger partial charge in [0.1, 0.15) is 0 Å². The topological polar surface area (TPSA) is 26.3 Å². The third-order valence-corrected chi connectivity index (χ3v) is 3.78. The second kappa shape index (κ2) is 1.79. The molecule has 2 nitrogen and oxygen atoms in total. The zero-order valence-corrected chi connectivity index (χ0v) is 6.45. The summed E-state index contributed by atoms with van der Waals surface area (Å²) in [5.74, 6) is 2.55. The van der Waals surface area contributed by atoms with E-state index in [0.717, 1.165) is 12.5 Å². The van der Waals surface area contributed by atoms with Crippen LogP contribution in [0.1, 0.15) is 19.3 Å². The smallest absolute Gasteiger partial charge is 0.309 e. The summed E-state index contributed by atoms with van der Waals surface area (Å²) in [5.41, 5.74) is 0. The number of cyclic esters (lactones) is 1. The van der Waals surface area contributed by atoms with Crippen LogP contribution in [0.4, 0.5) is 0 Å². The first-order chi connectivity index (χ1) is 5.36. The number of esters is 1. The maximum atomic E-state index is 11.2. The van der Waals surface area contributed by atoms with Crippen LogP contribution in [-0.4, -0.2) is 12.6 Å². The van der Waals surface area contributed by atoms with Gasteiger partial charge in [-0.05, 0) is 31.1 Å². The first-order valence-electron chi connectivity index (χ1n) is 4.53. The number of carbonyl (C=O) groups excluding carboxylic acids is 1. The Morgan fingerprint density at radius 3 is 2.91 bits per heavy atom. The van der Waals surface area contributed by atoms with E-state index in [9.17, 15) is 4.79 Å². The van der Waals surface area contributed by atoms with Gasteiger partial charge in [0, 0.05) is 5.92 Å². The van der Waals surface area contributed by atoms with Crippen LogP contribution in [0, 0.1) is 23.7 Å². The van der Waals surface area contributed by atoms with Crippen LogP contribution in [-0.2, 0) is 9.53 Å². The number of carbonyl (C=O) groups is 1. The van der Waals surface area contributed by atoms with Crippen molar-refractivity contribution in [3.8, 4) is 0 Å². The average molecular weight is 152 g/mol. The van der Waals surface area contributed by atoms with Gasteiger partial charge in [-0.1, -0.05) is 0 Å². The zero-order chi connectivity index (χ0) is 7.42. The summed E-state index contributed by atoms with van der Waals surface area (Å²) in [6.07, 6.45) is 3.94. The Balaban J connectivity index is 1.97. The summed E-state index contributed by atoms with van der Waals surface area (Å²) in [5, 5.41) is 0. The summed E-state index contributed by atoms with van der Waals surface area (Å²) in [7, 11) is 0. The fourth-order valence-electron chi connectivity index (χ4n) is 3.29. The number of hydrogen-bond donors (Lipinski definition) is 0. The molecule has 1 saturated heterocycles. The van der Waals surface area contributed by atoms with E-state index in [1.54, 1.807) is 0 Å². The molecule has 1 aliphatic heterocycles. The lowest BCUT2D eigenvalue weighted by Crippen LogP contribution is -2.22. The van der Waals surface area contributed by atoms with E-state index in [1.165, 1.54) is 19.3 Å². The van der Waals surface area contributed by atoms with Crippen molar-refractivity contribution in [1.82, 2.24) is 0 Å². The SMILES string of the molecule is O=C1OCC2C1C1CC[C@@H]2C1. The molecule has 0 radical (unpaired) electrons. The Morgan fingerprint density at radius 1 is 1.27 bits per heavy atom. The highest BCUT2D eigenvalue weighted by molar-refractivity contribution is 5.75. The van der Waals surface area contributed by atoms with E-state index < -0.39 is 0 Å². The number of rotatable bonds is 0. The molecular formula is C9H12O2. The predicted molar refractivity (Wildman–Crippen MR) is 38.8 cm³/mol. The average Bonchev–Trinajstić information content (AvgIpc) is 2.60. The summed E-state index contributed by atoms with van der Waals surface area (Å²) in [4.78, 5) is 11.2. The molecule has 0 amide bonds. The van der Waals surface area contributed by atoms with E-state index in [4.69, 9.17) is 4.74 Å². The molecule has 0 aromatic heterocycles. The van der Waals surface area contributed by atoms with E-state index in [0.29, 0.717) is 17.8 Å². The summed E-state index contributed by atoms with van der Waals surface area (Å²) >= 11 is 0. The predicted octanol–water partition coefficient (Wildman–Crippen LogP) is 1.21. The maximum Gasteiger partial charge on any atom is 0.309 e. The molecule has 0 spiro atoms. The Kier molecular flexibility index (Phi) is 0.984. The zero-order valence-electron chi connectivity index (χ0n) is 6.45. The van der Waals surface area contributed by atoms with Gasteiger partial charge in [0.05, 0.1) is 12.5 Å². The molecule has 3 fully saturated rings. The normalized spacial score (nSPS) is 52.9. The molecule has 60 valence electrons. The van der Waals surface area contributed by atoms with E-state index >= 15 is 0 Å². The fraction of sp³-hybridized carbons (Fsp3) is 0.889. The third-order valence-electron chi connectivity index (χ3n) is 3.78. The number of ether oxygens (including phenoxy) is 1. The van der Waals surface area contributed by atoms with Gasteiger partial charge in [-0.2, -0.15) is 0 Å². The van der Waals surface area contributed by atoms with E-state index in [2.05, 4.69) is 0 Å². The van der Waals surface area contributed by atoms with Gasteiger partial charge >= 0.3 is 5.97 Å². The molecule has 0 aromatic rings. The molecule has 4 atom stereocenters. The lowest BCUT2D eigenvalue weighted by molar-refractivity contribution is -0.142. The highest BCUT2D eigenvalue weighted by Gasteiger charge is 2.54. The van der Waals surface area contributed by atoms with Crippen molar-refractivity contribution in [3.63, 3.8) is 0 Å². The summed E-state index contributed by atoms with van der Waals surface area (Å²) in [6.45, 7) is 0.727. The molecule has 0 aromatic carbocycles. The largest absolute Gasteiger partial charge is 0.465 e. The second-order valence-corrected chi connectivity index (χ2v) is 4.15. The van der Waals surface area contributed by atoms with Crippen LogP contribution in [0.5, 0.6) is 0 Å². The van der Waals surface area contributed by atoms with Crippen molar-refractivity contribution in [2.75, 3.05) is 6.61 Å². The van der Waals surface area contributed by atoms with E-state index in [-0.39, 0.29) is 5.97 Å². The number of fused-ring (bicyclic) bond motifs is 5. The quantitative estimate of drug-likeness (QED) is 0.487. The number of hydrogen-bond acceptors (Lipinski definition) is 2. The minimum atomic E-state index is 0.0993. The van der Waals surface area contributed by atoms with Gasteiger partial charge in [0.2, 0.25) is 0 Å². The molecule has 2 bridgehead atoms. The van der Waals surface area contributed by atoms with Crippen LogP contribution in [0.3, 0.4) is 0 Å². The van der Waals surface area contributed by atoms with Gasteiger partial charge in [-0.15, -0.1) is 0 Å². The molecule has 3 aliphatic rings. The Morgan fingerprint density at radius 2 is 2.09 bits per heavy atom. The van der Waals surface area contributed by atoms with Gasteiger partial charge < -0.3 is 4.74 Å². The van der Waals surface area contributed by atoms with E-state index in [1.807, 2.05) is 0 Å². The molecule has 11 heavy (non-hydrogen) atoms. The molecule has 2 saturated carbocycles. The van der Waals surface area contributed by atoms with Crippen molar-refractivity contribution in [2.24, 2.45) is 23.7 Å². The third kappa shape index (κ3) is 0.608. The van der Waals surface area contributed by atoms with Crippen molar-refractivity contribution >= 4 is 5.97 Å². The van der Waals surface area contributed by atoms with Crippen LogP contribution >= 0.6 is 0 Å². The van der Waals surface area contributed by atoms with Crippen LogP contribution < -0.4 is 0 Å². The Labute approximate surface area is 65.9 Å². The van der Waals surface area contributed by atoms with Crippen molar-refractivity contribution in [2.45, 2.75) is 19.3 Å². The van der Waals surface area contributed by atoms with Gasteiger partial charge in [0.25, 0.3) is 0 Å². The molecule has 2 aliphatic carbocycles. The lowest BCUT2D eigenvalue weighted by atomic mass is 9.81. The standard InChI is InChI=1S/C9H12O2/c10-9-8-6-2-1-5(3-6)7(8)4-11-9/h5-8H,1-4H2/t5-,6?,7?,8?/m1/s1. The second-order valence-electron chi connectivity index (χ2n) is 4.15. The van der Waals surface area contributed by atoms with Crippen molar-refractivity contribution < 1.29 is 9.53 Å². The van der Waals surface area contributed by atoms with Crippen LogP contribution in [0.2, 0.25) is 0 Å². The lowest BCUT2D eigenvalue weighted by Gasteiger charge is -2.19. The Bertz CT molecular complexity index is 212. The first kappa shape index (κ1) is 6.04. The monoisotopic (exact) mass is 152 g/mol. The summed E-state index contributed by atoms with van der Waals surface area (Å²) in [6, 6.07) is 0. The molecule has 3 unspecified atom stereocenters. The van der Waals surface area contributed by atoms with Crippen molar-refractivity contribution in [1.29, 1.82) is 0 Å². The minimum Gasteiger partial charge on any atom is -0.465 e. The van der Waals surface area contributed by atoms with Gasteiger partial charge in [-0.3, -0.25) is 4.79 Å². The van der Waals surface area contributed by atoms with Crippen LogP contribution in [0.15, 0.2) is 0 Å². The van der Waals surface area contributed by atoms with Crippen molar-refractivity contribution in [3.05, 3.63) is 0 Å². The summed E-state index contributed by atoms with van der Waals surface area (Å²) < 4.78 is 5.06. The Hall–Kier alpha value is -0.530. The fourth-order valence-corrected chi connectivity index (χ4v) is 3.29. The van der Waals surface area contributed by atoms with Gasteiger partial charge in [-0.25, -0.2) is 0 Å². The molecule has 3 rings (SSSR count). The molecule has 0 N–H and O–H groups in total. The highest BCUT2D eigenvalue weighted by atomic mass is 16.5. The van der Waals surface area contributed by atoms with Crippen LogP contribution in [0.25, 0.3) is 0 Å². The maximum absolute atomic E-state index is 11.2. The highest BCUT2D eigenvalue weighted by Crippen LogP contribution is 2.54. The van der Waals surface area contributed by atoms with Gasteiger partial charge in [0.15, 0.2) is 0 Å². The molecular weight excluding hydrogens is 140 g/mol. The first-order valence-corrected chi connectivity index (χ1v) is 4.53. The molecule has 1 heterocycles. The molecule has 2 heteroatoms. The minimum absolute atomic E-state index is 0.0993.